The number of aromatic nitrogens is 1. The van der Waals surface area contributed by atoms with E-state index in [1.807, 2.05) is 30.3 Å². The van der Waals surface area contributed by atoms with Crippen molar-refractivity contribution in [3.05, 3.63) is 55.7 Å². The number of ether oxygens (including phenoxy) is 1. The number of methoxy groups -OCH3 is 1. The van der Waals surface area contributed by atoms with Gasteiger partial charge in [-0.1, -0.05) is 30.3 Å². The summed E-state index contributed by atoms with van der Waals surface area (Å²) in [5.74, 6) is 0.850. The number of pyridine rings is 1. The molecule has 0 aliphatic rings. The first-order valence-corrected chi connectivity index (χ1v) is 8.24. The largest absolute Gasteiger partial charge is 0.497 e. The minimum absolute atomic E-state index is 0.850. The van der Waals surface area contributed by atoms with E-state index in [-0.39, 0.29) is 0 Å². The Morgan fingerprint density at radius 2 is 1.75 bits per heavy atom. The van der Waals surface area contributed by atoms with Gasteiger partial charge in [-0.2, -0.15) is 0 Å². The summed E-state index contributed by atoms with van der Waals surface area (Å²) in [5, 5.41) is 1.20. The van der Waals surface area contributed by atoms with Crippen molar-refractivity contribution < 1.29 is 4.74 Å². The molecule has 0 unspecified atom stereocenters. The highest BCUT2D eigenvalue weighted by molar-refractivity contribution is 14.1. The lowest BCUT2D eigenvalue weighted by Crippen LogP contribution is -1.94. The molecule has 2 aromatic carbocycles. The van der Waals surface area contributed by atoms with Gasteiger partial charge in [0.1, 0.15) is 5.75 Å². The monoisotopic (exact) mass is 487 g/mol. The zero-order valence-electron chi connectivity index (χ0n) is 10.7. The van der Waals surface area contributed by atoms with Crippen molar-refractivity contribution >= 4 is 56.1 Å². The average molecular weight is 487 g/mol. The third kappa shape index (κ3) is 2.50. The minimum atomic E-state index is 0.850. The summed E-state index contributed by atoms with van der Waals surface area (Å²) >= 11 is 4.76. The van der Waals surface area contributed by atoms with Gasteiger partial charge in [0.2, 0.25) is 0 Å². The molecule has 0 amide bonds. The molecule has 0 aliphatic heterocycles. The van der Waals surface area contributed by atoms with Crippen molar-refractivity contribution in [3.8, 4) is 17.0 Å². The zero-order chi connectivity index (χ0) is 14.1. The molecule has 0 radical (unpaired) electrons. The molecule has 0 aliphatic carbocycles. The average Bonchev–Trinajstić information content (AvgIpc) is 2.51. The van der Waals surface area contributed by atoms with E-state index in [0.717, 1.165) is 22.5 Å². The molecule has 100 valence electrons. The minimum Gasteiger partial charge on any atom is -0.497 e. The lowest BCUT2D eigenvalue weighted by Gasteiger charge is -2.10. The summed E-state index contributed by atoms with van der Waals surface area (Å²) in [6.45, 7) is 0. The molecule has 3 aromatic rings. The fourth-order valence-corrected chi connectivity index (χ4v) is 3.54. The molecule has 0 atom stereocenters. The summed E-state index contributed by atoms with van der Waals surface area (Å²) in [7, 11) is 1.68. The smallest absolute Gasteiger partial charge is 0.119 e. The van der Waals surface area contributed by atoms with Crippen LogP contribution in [0, 0.1) is 7.14 Å². The molecule has 0 bridgehead atoms. The molecule has 0 N–H and O–H groups in total. The van der Waals surface area contributed by atoms with Crippen LogP contribution in [0.1, 0.15) is 0 Å². The van der Waals surface area contributed by atoms with Gasteiger partial charge in [0.05, 0.1) is 21.9 Å². The van der Waals surface area contributed by atoms with Crippen LogP contribution in [-0.4, -0.2) is 12.1 Å². The standard InChI is InChI=1S/C16H11I2NO/c1-20-11-6-4-5-10(9-11)16-15(18)14(17)12-7-2-3-8-13(12)19-16/h2-9H,1H3. The first-order chi connectivity index (χ1) is 9.70. The molecule has 1 heterocycles. The van der Waals surface area contributed by atoms with Gasteiger partial charge in [-0.3, -0.25) is 0 Å². The Bertz CT molecular complexity index is 787. The van der Waals surface area contributed by atoms with Crippen LogP contribution in [0.25, 0.3) is 22.2 Å². The third-order valence-electron chi connectivity index (χ3n) is 3.12. The lowest BCUT2D eigenvalue weighted by atomic mass is 10.1. The van der Waals surface area contributed by atoms with E-state index in [2.05, 4.69) is 63.4 Å². The predicted octanol–water partition coefficient (Wildman–Crippen LogP) is 5.12. The molecule has 0 saturated carbocycles. The highest BCUT2D eigenvalue weighted by atomic mass is 127. The lowest BCUT2D eigenvalue weighted by molar-refractivity contribution is 0.415. The number of rotatable bonds is 2. The fourth-order valence-electron chi connectivity index (χ4n) is 2.11. The normalized spacial score (nSPS) is 10.8. The van der Waals surface area contributed by atoms with Crippen LogP contribution in [-0.2, 0) is 0 Å². The van der Waals surface area contributed by atoms with Crippen LogP contribution < -0.4 is 4.74 Å². The number of para-hydroxylation sites is 1. The Labute approximate surface area is 144 Å². The number of fused-ring (bicyclic) bond motifs is 1. The maximum atomic E-state index is 5.30. The Kier molecular flexibility index (Phi) is 4.11. The summed E-state index contributed by atoms with van der Waals surface area (Å²) in [5.41, 5.74) is 3.11. The fraction of sp³-hybridized carbons (Fsp3) is 0.0625. The molecule has 20 heavy (non-hydrogen) atoms. The van der Waals surface area contributed by atoms with Crippen molar-refractivity contribution in [1.82, 2.24) is 4.98 Å². The van der Waals surface area contributed by atoms with Crippen LogP contribution in [0.15, 0.2) is 48.5 Å². The van der Waals surface area contributed by atoms with E-state index in [1.165, 1.54) is 12.5 Å². The van der Waals surface area contributed by atoms with Gasteiger partial charge in [-0.15, -0.1) is 0 Å². The number of nitrogens with zero attached hydrogens (tertiary/aromatic N) is 1. The second-order valence-corrected chi connectivity index (χ2v) is 6.49. The van der Waals surface area contributed by atoms with Gasteiger partial charge < -0.3 is 4.74 Å². The molecular weight excluding hydrogens is 476 g/mol. The SMILES string of the molecule is COc1cccc(-c2nc3ccccc3c(I)c2I)c1. The molecule has 2 nitrogen and oxygen atoms in total. The van der Waals surface area contributed by atoms with Crippen molar-refractivity contribution in [2.45, 2.75) is 0 Å². The molecule has 0 spiro atoms. The Hall–Kier alpha value is -0.890. The van der Waals surface area contributed by atoms with Gasteiger partial charge in [-0.25, -0.2) is 4.98 Å². The molecular formula is C16H11I2NO. The van der Waals surface area contributed by atoms with Crippen LogP contribution in [0.5, 0.6) is 5.75 Å². The Balaban J connectivity index is 2.28. The molecule has 0 saturated heterocycles. The van der Waals surface area contributed by atoms with E-state index < -0.39 is 0 Å². The van der Waals surface area contributed by atoms with Crippen LogP contribution in [0.2, 0.25) is 0 Å². The highest BCUT2D eigenvalue weighted by Crippen LogP contribution is 2.33. The van der Waals surface area contributed by atoms with Gasteiger partial charge >= 0.3 is 0 Å². The van der Waals surface area contributed by atoms with Crippen LogP contribution in [0.3, 0.4) is 0 Å². The molecule has 4 heteroatoms. The van der Waals surface area contributed by atoms with Gasteiger partial charge in [-0.05, 0) is 63.4 Å². The van der Waals surface area contributed by atoms with Crippen molar-refractivity contribution in [3.63, 3.8) is 0 Å². The van der Waals surface area contributed by atoms with E-state index in [1.54, 1.807) is 7.11 Å². The number of benzene rings is 2. The van der Waals surface area contributed by atoms with E-state index in [4.69, 9.17) is 9.72 Å². The van der Waals surface area contributed by atoms with Crippen molar-refractivity contribution in [2.24, 2.45) is 0 Å². The predicted molar refractivity (Wildman–Crippen MR) is 99.2 cm³/mol. The summed E-state index contributed by atoms with van der Waals surface area (Å²) in [6, 6.07) is 16.3. The topological polar surface area (TPSA) is 22.1 Å². The Morgan fingerprint density at radius 1 is 0.950 bits per heavy atom. The van der Waals surface area contributed by atoms with Crippen LogP contribution in [0.4, 0.5) is 0 Å². The van der Waals surface area contributed by atoms with Gasteiger partial charge in [0, 0.05) is 14.5 Å². The maximum Gasteiger partial charge on any atom is 0.119 e. The van der Waals surface area contributed by atoms with E-state index >= 15 is 0 Å². The van der Waals surface area contributed by atoms with E-state index in [9.17, 15) is 0 Å². The van der Waals surface area contributed by atoms with Gasteiger partial charge in [0.15, 0.2) is 0 Å². The number of halogens is 2. The number of hydrogen-bond acceptors (Lipinski definition) is 2. The second-order valence-electron chi connectivity index (χ2n) is 4.34. The molecule has 0 fully saturated rings. The zero-order valence-corrected chi connectivity index (χ0v) is 15.0. The maximum absolute atomic E-state index is 5.30. The Morgan fingerprint density at radius 3 is 2.55 bits per heavy atom. The molecule has 3 rings (SSSR count). The highest BCUT2D eigenvalue weighted by Gasteiger charge is 2.12. The van der Waals surface area contributed by atoms with Gasteiger partial charge in [0.25, 0.3) is 0 Å². The summed E-state index contributed by atoms with van der Waals surface area (Å²) in [6.07, 6.45) is 0. The van der Waals surface area contributed by atoms with E-state index in [0.29, 0.717) is 0 Å². The summed E-state index contributed by atoms with van der Waals surface area (Å²) < 4.78 is 7.72. The molecule has 1 aromatic heterocycles. The second kappa shape index (κ2) is 5.85. The third-order valence-corrected chi connectivity index (χ3v) is 6.32. The van der Waals surface area contributed by atoms with Crippen LogP contribution >= 0.6 is 45.2 Å². The first kappa shape index (κ1) is 14.1. The van der Waals surface area contributed by atoms with Crippen molar-refractivity contribution in [1.29, 1.82) is 0 Å². The number of hydrogen-bond donors (Lipinski definition) is 0. The quantitative estimate of drug-likeness (QED) is 0.469. The first-order valence-electron chi connectivity index (χ1n) is 6.09. The summed E-state index contributed by atoms with van der Waals surface area (Å²) in [4.78, 5) is 4.81. The van der Waals surface area contributed by atoms with Crippen molar-refractivity contribution in [2.75, 3.05) is 7.11 Å².